The van der Waals surface area contributed by atoms with E-state index >= 15 is 0 Å². The molecular formula is C27H24BrN5O3. The zero-order valence-corrected chi connectivity index (χ0v) is 21.5. The molecule has 0 spiro atoms. The van der Waals surface area contributed by atoms with Gasteiger partial charge in [-0.05, 0) is 48.9 Å². The third-order valence-electron chi connectivity index (χ3n) is 5.99. The number of hydrogen-bond acceptors (Lipinski definition) is 6. The first-order chi connectivity index (χ1) is 17.5. The maximum absolute atomic E-state index is 13.7. The standard InChI is InChI=1S/C27H24BrN5O3/c1-16-23(26(34)30-20-9-5-7-11-22(20)36-3)24(17-12-14-18(28)15-13-17)33-27(29-16)31-25(32-33)19-8-4-6-10-21(19)35-2/h4-15,24H,1-3H3,(H,30,34)(H,29,31,32). The Labute approximate surface area is 217 Å². The van der Waals surface area contributed by atoms with Crippen LogP contribution in [-0.2, 0) is 4.79 Å². The van der Waals surface area contributed by atoms with Gasteiger partial charge in [-0.25, -0.2) is 4.68 Å². The van der Waals surface area contributed by atoms with E-state index in [1.54, 1.807) is 31.0 Å². The lowest BCUT2D eigenvalue weighted by Gasteiger charge is -2.29. The quantitative estimate of drug-likeness (QED) is 0.325. The average molecular weight is 546 g/mol. The monoisotopic (exact) mass is 545 g/mol. The molecule has 0 saturated heterocycles. The number of carbonyl (C=O) groups excluding carboxylic acids is 1. The van der Waals surface area contributed by atoms with E-state index in [9.17, 15) is 4.79 Å². The Bertz CT molecular complexity index is 1460. The number of rotatable bonds is 6. The van der Waals surface area contributed by atoms with Crippen LogP contribution < -0.4 is 20.1 Å². The lowest BCUT2D eigenvalue weighted by Crippen LogP contribution is -2.31. The summed E-state index contributed by atoms with van der Waals surface area (Å²) in [6.07, 6.45) is 0. The average Bonchev–Trinajstić information content (AvgIpc) is 3.32. The Morgan fingerprint density at radius 3 is 2.36 bits per heavy atom. The van der Waals surface area contributed by atoms with Crippen LogP contribution in [0.5, 0.6) is 11.5 Å². The smallest absolute Gasteiger partial charge is 0.255 e. The Hall–Kier alpha value is -4.11. The number of nitrogens with zero attached hydrogens (tertiary/aromatic N) is 3. The molecule has 5 rings (SSSR count). The molecule has 0 fully saturated rings. The van der Waals surface area contributed by atoms with Gasteiger partial charge in [0.05, 0.1) is 31.0 Å². The van der Waals surface area contributed by atoms with Gasteiger partial charge in [0.2, 0.25) is 5.95 Å². The van der Waals surface area contributed by atoms with Crippen molar-refractivity contribution in [2.24, 2.45) is 0 Å². The highest BCUT2D eigenvalue weighted by Gasteiger charge is 2.35. The number of anilines is 2. The first kappa shape index (κ1) is 23.6. The van der Waals surface area contributed by atoms with Crippen molar-refractivity contribution in [2.75, 3.05) is 24.9 Å². The lowest BCUT2D eigenvalue weighted by molar-refractivity contribution is -0.113. The molecule has 2 N–H and O–H groups in total. The van der Waals surface area contributed by atoms with Gasteiger partial charge in [0, 0.05) is 10.2 Å². The fraction of sp³-hybridized carbons (Fsp3) is 0.148. The van der Waals surface area contributed by atoms with Crippen LogP contribution in [0.25, 0.3) is 11.4 Å². The summed E-state index contributed by atoms with van der Waals surface area (Å²) in [5.41, 5.74) is 3.44. The van der Waals surface area contributed by atoms with Crippen LogP contribution in [0.3, 0.4) is 0 Å². The lowest BCUT2D eigenvalue weighted by atomic mass is 9.95. The van der Waals surface area contributed by atoms with E-state index in [0.717, 1.165) is 15.6 Å². The molecule has 1 unspecified atom stereocenters. The molecule has 1 aliphatic heterocycles. The molecule has 4 aromatic rings. The van der Waals surface area contributed by atoms with Crippen molar-refractivity contribution in [1.82, 2.24) is 14.8 Å². The largest absolute Gasteiger partial charge is 0.496 e. The molecule has 8 nitrogen and oxygen atoms in total. The number of amides is 1. The van der Waals surface area contributed by atoms with Crippen LogP contribution in [0.15, 0.2) is 88.5 Å². The van der Waals surface area contributed by atoms with Crippen LogP contribution in [0, 0.1) is 0 Å². The predicted molar refractivity (Wildman–Crippen MR) is 142 cm³/mol. The summed E-state index contributed by atoms with van der Waals surface area (Å²) in [7, 11) is 3.19. The molecule has 1 atom stereocenters. The minimum absolute atomic E-state index is 0.266. The number of allylic oxidation sites excluding steroid dienone is 1. The summed E-state index contributed by atoms with van der Waals surface area (Å²) < 4.78 is 13.6. The zero-order valence-electron chi connectivity index (χ0n) is 19.9. The van der Waals surface area contributed by atoms with Gasteiger partial charge in [0.25, 0.3) is 5.91 Å². The van der Waals surface area contributed by atoms with Crippen molar-refractivity contribution in [3.05, 3.63) is 94.1 Å². The van der Waals surface area contributed by atoms with E-state index in [0.29, 0.717) is 40.2 Å². The van der Waals surface area contributed by atoms with E-state index in [2.05, 4.69) is 26.6 Å². The predicted octanol–water partition coefficient (Wildman–Crippen LogP) is 5.65. The Kier molecular flexibility index (Phi) is 6.47. The maximum atomic E-state index is 13.7. The van der Waals surface area contributed by atoms with Gasteiger partial charge in [0.15, 0.2) is 5.82 Å². The van der Waals surface area contributed by atoms with Gasteiger partial charge in [-0.15, -0.1) is 5.10 Å². The van der Waals surface area contributed by atoms with E-state index in [1.807, 2.05) is 67.6 Å². The summed E-state index contributed by atoms with van der Waals surface area (Å²) >= 11 is 3.50. The van der Waals surface area contributed by atoms with Gasteiger partial charge in [0.1, 0.15) is 17.5 Å². The van der Waals surface area contributed by atoms with Crippen molar-refractivity contribution in [3.63, 3.8) is 0 Å². The molecule has 36 heavy (non-hydrogen) atoms. The summed E-state index contributed by atoms with van der Waals surface area (Å²) in [6, 6.07) is 22.2. The number of nitrogens with one attached hydrogen (secondary N) is 2. The molecule has 0 radical (unpaired) electrons. The van der Waals surface area contributed by atoms with Crippen molar-refractivity contribution in [1.29, 1.82) is 0 Å². The molecule has 0 saturated carbocycles. The van der Waals surface area contributed by atoms with Crippen molar-refractivity contribution in [3.8, 4) is 22.9 Å². The van der Waals surface area contributed by atoms with E-state index < -0.39 is 6.04 Å². The minimum Gasteiger partial charge on any atom is -0.496 e. The number of para-hydroxylation sites is 3. The Morgan fingerprint density at radius 1 is 0.972 bits per heavy atom. The number of fused-ring (bicyclic) bond motifs is 1. The first-order valence-electron chi connectivity index (χ1n) is 11.3. The molecule has 1 aliphatic rings. The number of aromatic nitrogens is 3. The third-order valence-corrected chi connectivity index (χ3v) is 6.51. The summed E-state index contributed by atoms with van der Waals surface area (Å²) in [5.74, 6) is 2.01. The second-order valence-electron chi connectivity index (χ2n) is 8.18. The zero-order chi connectivity index (χ0) is 25.2. The van der Waals surface area contributed by atoms with Gasteiger partial charge in [-0.2, -0.15) is 4.98 Å². The summed E-state index contributed by atoms with van der Waals surface area (Å²) in [4.78, 5) is 18.5. The number of ether oxygens (including phenoxy) is 2. The fourth-order valence-electron chi connectivity index (χ4n) is 4.28. The first-order valence-corrected chi connectivity index (χ1v) is 12.1. The van der Waals surface area contributed by atoms with Crippen LogP contribution in [0.4, 0.5) is 11.6 Å². The van der Waals surface area contributed by atoms with E-state index in [4.69, 9.17) is 19.6 Å². The minimum atomic E-state index is -0.514. The summed E-state index contributed by atoms with van der Waals surface area (Å²) in [5, 5.41) is 11.1. The second-order valence-corrected chi connectivity index (χ2v) is 9.09. The molecule has 0 bridgehead atoms. The molecule has 182 valence electrons. The number of halogens is 1. The topological polar surface area (TPSA) is 90.3 Å². The molecule has 1 amide bonds. The van der Waals surface area contributed by atoms with Crippen LogP contribution in [-0.4, -0.2) is 34.9 Å². The van der Waals surface area contributed by atoms with Gasteiger partial charge in [-0.3, -0.25) is 4.79 Å². The Morgan fingerprint density at radius 2 is 1.64 bits per heavy atom. The second kappa shape index (κ2) is 9.87. The van der Waals surface area contributed by atoms with Gasteiger partial charge < -0.3 is 20.1 Å². The van der Waals surface area contributed by atoms with E-state index in [1.165, 1.54) is 0 Å². The van der Waals surface area contributed by atoms with Gasteiger partial charge >= 0.3 is 0 Å². The van der Waals surface area contributed by atoms with Crippen LogP contribution in [0.2, 0.25) is 0 Å². The molecule has 2 heterocycles. The molecule has 0 aliphatic carbocycles. The van der Waals surface area contributed by atoms with Crippen molar-refractivity contribution in [2.45, 2.75) is 13.0 Å². The number of carbonyl (C=O) groups is 1. The molecular weight excluding hydrogens is 522 g/mol. The van der Waals surface area contributed by atoms with E-state index in [-0.39, 0.29) is 5.91 Å². The summed E-state index contributed by atoms with van der Waals surface area (Å²) in [6.45, 7) is 1.87. The SMILES string of the molecule is COc1ccccc1NC(=O)C1=C(C)Nc2nc(-c3ccccc3OC)nn2C1c1ccc(Br)cc1. The third kappa shape index (κ3) is 4.33. The van der Waals surface area contributed by atoms with Crippen molar-refractivity contribution < 1.29 is 14.3 Å². The van der Waals surface area contributed by atoms with Crippen molar-refractivity contribution >= 4 is 33.5 Å². The van der Waals surface area contributed by atoms with Gasteiger partial charge in [-0.1, -0.05) is 52.3 Å². The number of hydrogen-bond donors (Lipinski definition) is 2. The highest BCUT2D eigenvalue weighted by molar-refractivity contribution is 9.10. The highest BCUT2D eigenvalue weighted by Crippen LogP contribution is 2.38. The van der Waals surface area contributed by atoms with Crippen LogP contribution in [0.1, 0.15) is 18.5 Å². The maximum Gasteiger partial charge on any atom is 0.255 e. The molecule has 1 aromatic heterocycles. The number of methoxy groups -OCH3 is 2. The fourth-order valence-corrected chi connectivity index (χ4v) is 4.54. The molecule has 9 heteroatoms. The normalized spacial score (nSPS) is 14.6. The van der Waals surface area contributed by atoms with Crippen LogP contribution >= 0.6 is 15.9 Å². The highest BCUT2D eigenvalue weighted by atomic mass is 79.9. The number of benzene rings is 3. The molecule has 3 aromatic carbocycles. The Balaban J connectivity index is 1.61.